The molecule has 1 aliphatic carbocycles. The number of aromatic nitrogens is 1. The maximum absolute atomic E-state index is 6.41. The monoisotopic (exact) mass is 530 g/mol. The third-order valence-electron chi connectivity index (χ3n) is 4.89. The first-order valence-corrected chi connectivity index (χ1v) is 9.58. The molecule has 2 nitrogen and oxygen atoms in total. The summed E-state index contributed by atoms with van der Waals surface area (Å²) in [4.78, 5) is 4.82. The highest BCUT2D eigenvalue weighted by Gasteiger charge is 2.16. The maximum atomic E-state index is 6.41. The van der Waals surface area contributed by atoms with Crippen molar-refractivity contribution in [1.82, 2.24) is 4.98 Å². The van der Waals surface area contributed by atoms with Gasteiger partial charge in [0.25, 0.3) is 0 Å². The number of para-hydroxylation sites is 1. The molecular formula is C21H22Br2Cl2N2. The van der Waals surface area contributed by atoms with Crippen LogP contribution < -0.4 is 5.32 Å². The summed E-state index contributed by atoms with van der Waals surface area (Å²) in [5, 5.41) is 6.23. The van der Waals surface area contributed by atoms with Gasteiger partial charge in [-0.2, -0.15) is 0 Å². The second-order valence-electron chi connectivity index (χ2n) is 6.68. The van der Waals surface area contributed by atoms with Gasteiger partial charge in [0.15, 0.2) is 0 Å². The lowest BCUT2D eigenvalue weighted by atomic mass is 9.95. The van der Waals surface area contributed by atoms with E-state index in [0.717, 1.165) is 27.8 Å². The van der Waals surface area contributed by atoms with Crippen LogP contribution in [-0.4, -0.2) is 11.0 Å². The summed E-state index contributed by atoms with van der Waals surface area (Å²) in [6.45, 7) is 0. The molecule has 27 heavy (non-hydrogen) atoms. The molecular weight excluding hydrogens is 511 g/mol. The number of nitrogens with one attached hydrogen (secondary N) is 1. The number of hydrogen-bond acceptors (Lipinski definition) is 2. The summed E-state index contributed by atoms with van der Waals surface area (Å²) >= 11 is 12.6. The van der Waals surface area contributed by atoms with E-state index in [-0.39, 0.29) is 34.0 Å². The first-order valence-electron chi connectivity index (χ1n) is 8.82. The van der Waals surface area contributed by atoms with Crippen molar-refractivity contribution in [3.8, 4) is 11.3 Å². The number of anilines is 1. The summed E-state index contributed by atoms with van der Waals surface area (Å²) in [6.07, 6.45) is 6.40. The van der Waals surface area contributed by atoms with Gasteiger partial charge in [0.1, 0.15) is 0 Å². The minimum Gasteiger partial charge on any atom is -0.382 e. The fourth-order valence-corrected chi connectivity index (χ4v) is 3.98. The van der Waals surface area contributed by atoms with Gasteiger partial charge in [0, 0.05) is 27.7 Å². The Balaban J connectivity index is 0.00000131. The van der Waals surface area contributed by atoms with E-state index in [4.69, 9.17) is 28.2 Å². The van der Waals surface area contributed by atoms with E-state index in [0.29, 0.717) is 16.1 Å². The van der Waals surface area contributed by atoms with E-state index in [1.54, 1.807) is 6.07 Å². The molecule has 1 fully saturated rings. The van der Waals surface area contributed by atoms with Crippen LogP contribution in [0.2, 0.25) is 10.0 Å². The third kappa shape index (κ3) is 5.17. The molecule has 6 heteroatoms. The van der Waals surface area contributed by atoms with Gasteiger partial charge in [0.2, 0.25) is 0 Å². The number of pyridine rings is 1. The minimum absolute atomic E-state index is 0. The van der Waals surface area contributed by atoms with Gasteiger partial charge in [-0.25, -0.2) is 4.98 Å². The van der Waals surface area contributed by atoms with Crippen LogP contribution in [0.3, 0.4) is 0 Å². The quantitative estimate of drug-likeness (QED) is 0.368. The molecule has 0 bridgehead atoms. The Morgan fingerprint density at radius 1 is 0.889 bits per heavy atom. The molecule has 144 valence electrons. The predicted molar refractivity (Wildman–Crippen MR) is 128 cm³/mol. The second-order valence-corrected chi connectivity index (χ2v) is 7.52. The molecule has 1 aromatic heterocycles. The zero-order valence-electron chi connectivity index (χ0n) is 14.8. The highest BCUT2D eigenvalue weighted by atomic mass is 79.9. The van der Waals surface area contributed by atoms with Gasteiger partial charge in [-0.3, -0.25) is 0 Å². The van der Waals surface area contributed by atoms with Gasteiger partial charge in [-0.15, -0.1) is 34.0 Å². The van der Waals surface area contributed by atoms with Crippen LogP contribution in [0.5, 0.6) is 0 Å². The molecule has 1 saturated carbocycles. The third-order valence-corrected chi connectivity index (χ3v) is 5.45. The molecule has 1 N–H and O–H groups in total. The topological polar surface area (TPSA) is 24.9 Å². The Hall–Kier alpha value is -0.810. The van der Waals surface area contributed by atoms with Crippen molar-refractivity contribution in [1.29, 1.82) is 0 Å². The molecule has 2 aromatic carbocycles. The Bertz CT molecular complexity index is 912. The largest absolute Gasteiger partial charge is 0.382 e. The molecule has 0 spiro atoms. The minimum atomic E-state index is 0. The number of fused-ring (bicyclic) bond motifs is 1. The first-order chi connectivity index (χ1) is 12.2. The molecule has 3 aromatic rings. The molecule has 0 amide bonds. The zero-order valence-corrected chi connectivity index (χ0v) is 19.7. The van der Waals surface area contributed by atoms with Crippen molar-refractivity contribution in [3.05, 3.63) is 58.6 Å². The van der Waals surface area contributed by atoms with Crippen molar-refractivity contribution < 1.29 is 0 Å². The standard InChI is InChI=1S/C21H20Cl2N2.2BrH/c22-14-10-11-18(23)17(12-14)21-13-20(24-15-6-2-1-3-7-15)16-8-4-5-9-19(16)25-21;;/h4-5,8-13,15H,1-3,6-7H2,(H,24,25);2*1H. The highest BCUT2D eigenvalue weighted by molar-refractivity contribution is 8.93. The van der Waals surface area contributed by atoms with Crippen LogP contribution in [0, 0.1) is 0 Å². The van der Waals surface area contributed by atoms with E-state index in [1.165, 1.54) is 32.1 Å². The van der Waals surface area contributed by atoms with E-state index < -0.39 is 0 Å². The van der Waals surface area contributed by atoms with Crippen LogP contribution in [0.15, 0.2) is 48.5 Å². The van der Waals surface area contributed by atoms with Gasteiger partial charge in [-0.1, -0.05) is 60.7 Å². The number of rotatable bonds is 3. The molecule has 4 rings (SSSR count). The van der Waals surface area contributed by atoms with Crippen molar-refractivity contribution >= 4 is 73.8 Å². The van der Waals surface area contributed by atoms with Crippen molar-refractivity contribution in [2.75, 3.05) is 5.32 Å². The summed E-state index contributed by atoms with van der Waals surface area (Å²) in [7, 11) is 0. The number of benzene rings is 2. The average Bonchev–Trinajstić information content (AvgIpc) is 2.64. The normalized spacial score (nSPS) is 14.3. The van der Waals surface area contributed by atoms with Gasteiger partial charge in [-0.05, 0) is 43.2 Å². The highest BCUT2D eigenvalue weighted by Crippen LogP contribution is 2.34. The van der Waals surface area contributed by atoms with E-state index in [1.807, 2.05) is 24.3 Å². The lowest BCUT2D eigenvalue weighted by molar-refractivity contribution is 0.463. The molecule has 1 aliphatic rings. The first kappa shape index (κ1) is 22.5. The lowest BCUT2D eigenvalue weighted by Crippen LogP contribution is -2.22. The molecule has 0 aliphatic heterocycles. The van der Waals surface area contributed by atoms with Crippen LogP contribution in [0.25, 0.3) is 22.2 Å². The van der Waals surface area contributed by atoms with Gasteiger partial charge >= 0.3 is 0 Å². The Labute approximate surface area is 191 Å². The van der Waals surface area contributed by atoms with Crippen LogP contribution in [0.4, 0.5) is 5.69 Å². The molecule has 1 heterocycles. The summed E-state index contributed by atoms with van der Waals surface area (Å²) in [6, 6.07) is 16.4. The Morgan fingerprint density at radius 3 is 2.41 bits per heavy atom. The van der Waals surface area contributed by atoms with Gasteiger partial charge in [0.05, 0.1) is 16.2 Å². The second kappa shape index (κ2) is 10.1. The molecule has 0 unspecified atom stereocenters. The van der Waals surface area contributed by atoms with Crippen molar-refractivity contribution in [3.63, 3.8) is 0 Å². The molecule has 0 radical (unpaired) electrons. The summed E-state index contributed by atoms with van der Waals surface area (Å²) in [5.41, 5.74) is 3.81. The predicted octanol–water partition coefficient (Wildman–Crippen LogP) is 8.11. The average molecular weight is 533 g/mol. The van der Waals surface area contributed by atoms with Crippen LogP contribution in [-0.2, 0) is 0 Å². The van der Waals surface area contributed by atoms with Crippen LogP contribution >= 0.6 is 57.2 Å². The Kier molecular flexibility index (Phi) is 8.41. The maximum Gasteiger partial charge on any atom is 0.0745 e. The van der Waals surface area contributed by atoms with E-state index >= 15 is 0 Å². The van der Waals surface area contributed by atoms with Crippen molar-refractivity contribution in [2.45, 2.75) is 38.1 Å². The summed E-state index contributed by atoms with van der Waals surface area (Å²) < 4.78 is 0. The fraction of sp³-hybridized carbons (Fsp3) is 0.286. The molecule has 0 saturated heterocycles. The fourth-order valence-electron chi connectivity index (χ4n) is 3.59. The smallest absolute Gasteiger partial charge is 0.0745 e. The summed E-state index contributed by atoms with van der Waals surface area (Å²) in [5.74, 6) is 0. The number of hydrogen-bond donors (Lipinski definition) is 1. The van der Waals surface area contributed by atoms with Gasteiger partial charge < -0.3 is 5.32 Å². The van der Waals surface area contributed by atoms with E-state index in [9.17, 15) is 0 Å². The SMILES string of the molecule is Br.Br.Clc1ccc(Cl)c(-c2cc(NC3CCCCC3)c3ccccc3n2)c1. The van der Waals surface area contributed by atoms with Crippen molar-refractivity contribution in [2.24, 2.45) is 0 Å². The zero-order chi connectivity index (χ0) is 17.2. The Morgan fingerprint density at radius 2 is 1.63 bits per heavy atom. The molecule has 0 atom stereocenters. The van der Waals surface area contributed by atoms with E-state index in [2.05, 4.69) is 23.5 Å². The lowest BCUT2D eigenvalue weighted by Gasteiger charge is -2.25. The number of halogens is 4. The number of nitrogens with zero attached hydrogens (tertiary/aromatic N) is 1. The van der Waals surface area contributed by atoms with Crippen LogP contribution in [0.1, 0.15) is 32.1 Å².